The normalized spacial score (nSPS) is 10.4. The maximum absolute atomic E-state index is 12.9. The zero-order valence-electron chi connectivity index (χ0n) is 13.6. The second-order valence-electron chi connectivity index (χ2n) is 5.72. The molecule has 0 aliphatic heterocycles. The van der Waals surface area contributed by atoms with Crippen LogP contribution in [0, 0.1) is 12.7 Å². The maximum Gasteiger partial charge on any atom is 0.123 e. The molecule has 1 N–H and O–H groups in total. The van der Waals surface area contributed by atoms with Crippen LogP contribution >= 0.6 is 0 Å². The number of rotatable bonds is 6. The molecule has 0 atom stereocenters. The average Bonchev–Trinajstić information content (AvgIpc) is 2.61. The number of hydrogen-bond acceptors (Lipinski definition) is 2. The van der Waals surface area contributed by atoms with Crippen LogP contribution < -0.4 is 10.1 Å². The summed E-state index contributed by atoms with van der Waals surface area (Å²) < 4.78 is 18.8. The van der Waals surface area contributed by atoms with Crippen molar-refractivity contribution in [3.63, 3.8) is 0 Å². The monoisotopic (exact) mass is 321 g/mol. The Balaban J connectivity index is 1.59. The molecule has 0 saturated heterocycles. The molecule has 122 valence electrons. The van der Waals surface area contributed by atoms with Gasteiger partial charge in [0.05, 0.1) is 0 Å². The van der Waals surface area contributed by atoms with Crippen molar-refractivity contribution in [2.24, 2.45) is 0 Å². The third-order valence-corrected chi connectivity index (χ3v) is 3.89. The SMILES string of the molecule is Cc1ccccc1COc1cccc(CNc2ccc(F)cc2)c1. The zero-order valence-corrected chi connectivity index (χ0v) is 13.6. The van der Waals surface area contributed by atoms with Gasteiger partial charge in [-0.2, -0.15) is 0 Å². The highest BCUT2D eigenvalue weighted by atomic mass is 19.1. The molecule has 0 saturated carbocycles. The minimum absolute atomic E-state index is 0.229. The number of ether oxygens (including phenoxy) is 1. The van der Waals surface area contributed by atoms with Crippen LogP contribution in [0.25, 0.3) is 0 Å². The molecule has 0 fully saturated rings. The molecule has 3 rings (SSSR count). The first kappa shape index (κ1) is 16.1. The summed E-state index contributed by atoms with van der Waals surface area (Å²) in [6, 6.07) is 22.6. The van der Waals surface area contributed by atoms with Gasteiger partial charge in [-0.3, -0.25) is 0 Å². The van der Waals surface area contributed by atoms with Gasteiger partial charge in [-0.15, -0.1) is 0 Å². The van der Waals surface area contributed by atoms with E-state index in [-0.39, 0.29) is 5.82 Å². The first-order chi connectivity index (χ1) is 11.7. The lowest BCUT2D eigenvalue weighted by molar-refractivity contribution is 0.305. The van der Waals surface area contributed by atoms with Crippen LogP contribution in [0.2, 0.25) is 0 Å². The third kappa shape index (κ3) is 4.35. The Kier molecular flexibility index (Phi) is 5.12. The fourth-order valence-corrected chi connectivity index (χ4v) is 2.45. The zero-order chi connectivity index (χ0) is 16.8. The predicted molar refractivity (Wildman–Crippen MR) is 95.7 cm³/mol. The van der Waals surface area contributed by atoms with E-state index in [0.717, 1.165) is 17.0 Å². The van der Waals surface area contributed by atoms with Crippen LogP contribution in [0.4, 0.5) is 10.1 Å². The maximum atomic E-state index is 12.9. The van der Waals surface area contributed by atoms with Crippen molar-refractivity contribution in [1.82, 2.24) is 0 Å². The van der Waals surface area contributed by atoms with Gasteiger partial charge in [-0.25, -0.2) is 4.39 Å². The average molecular weight is 321 g/mol. The highest BCUT2D eigenvalue weighted by molar-refractivity contribution is 5.44. The lowest BCUT2D eigenvalue weighted by Crippen LogP contribution is -2.01. The number of nitrogens with one attached hydrogen (secondary N) is 1. The van der Waals surface area contributed by atoms with E-state index in [9.17, 15) is 4.39 Å². The van der Waals surface area contributed by atoms with E-state index in [2.05, 4.69) is 24.4 Å². The fourth-order valence-electron chi connectivity index (χ4n) is 2.45. The molecule has 3 aromatic carbocycles. The Morgan fingerprint density at radius 1 is 0.917 bits per heavy atom. The van der Waals surface area contributed by atoms with E-state index in [1.54, 1.807) is 12.1 Å². The number of aryl methyl sites for hydroxylation is 1. The lowest BCUT2D eigenvalue weighted by atomic mass is 10.1. The topological polar surface area (TPSA) is 21.3 Å². The Morgan fingerprint density at radius 3 is 2.50 bits per heavy atom. The van der Waals surface area contributed by atoms with Crippen molar-refractivity contribution >= 4 is 5.69 Å². The third-order valence-electron chi connectivity index (χ3n) is 3.89. The van der Waals surface area contributed by atoms with E-state index in [0.29, 0.717) is 13.2 Å². The van der Waals surface area contributed by atoms with Crippen LogP contribution in [-0.4, -0.2) is 0 Å². The molecule has 24 heavy (non-hydrogen) atoms. The van der Waals surface area contributed by atoms with Crippen molar-refractivity contribution < 1.29 is 9.13 Å². The molecule has 0 bridgehead atoms. The number of hydrogen-bond donors (Lipinski definition) is 1. The van der Waals surface area contributed by atoms with Crippen LogP contribution in [-0.2, 0) is 13.2 Å². The standard InChI is InChI=1S/C21H20FNO/c1-16-5-2-3-7-18(16)15-24-21-8-4-6-17(13-21)14-23-20-11-9-19(22)10-12-20/h2-13,23H,14-15H2,1H3. The van der Waals surface area contributed by atoms with Crippen molar-refractivity contribution in [1.29, 1.82) is 0 Å². The van der Waals surface area contributed by atoms with Gasteiger partial charge in [-0.05, 0) is 60.0 Å². The molecule has 0 aliphatic carbocycles. The summed E-state index contributed by atoms with van der Waals surface area (Å²) in [4.78, 5) is 0. The molecule has 0 radical (unpaired) electrons. The minimum atomic E-state index is -0.229. The molecule has 0 amide bonds. The highest BCUT2D eigenvalue weighted by Crippen LogP contribution is 2.18. The van der Waals surface area contributed by atoms with Crippen molar-refractivity contribution in [3.8, 4) is 5.75 Å². The van der Waals surface area contributed by atoms with Gasteiger partial charge in [0.25, 0.3) is 0 Å². The van der Waals surface area contributed by atoms with Crippen LogP contribution in [0.5, 0.6) is 5.75 Å². The largest absolute Gasteiger partial charge is 0.489 e. The molecule has 0 heterocycles. The van der Waals surface area contributed by atoms with Gasteiger partial charge in [0.15, 0.2) is 0 Å². The quantitative estimate of drug-likeness (QED) is 0.663. The van der Waals surface area contributed by atoms with Gasteiger partial charge in [0.2, 0.25) is 0 Å². The van der Waals surface area contributed by atoms with E-state index in [1.165, 1.54) is 23.3 Å². The van der Waals surface area contributed by atoms with Gasteiger partial charge in [0.1, 0.15) is 18.2 Å². The van der Waals surface area contributed by atoms with Crippen molar-refractivity contribution in [2.45, 2.75) is 20.1 Å². The Bertz CT molecular complexity index is 799. The van der Waals surface area contributed by atoms with E-state index >= 15 is 0 Å². The lowest BCUT2D eigenvalue weighted by Gasteiger charge is -2.11. The molecular weight excluding hydrogens is 301 g/mol. The molecule has 3 aromatic rings. The number of benzene rings is 3. The van der Waals surface area contributed by atoms with Gasteiger partial charge in [-0.1, -0.05) is 36.4 Å². The number of anilines is 1. The second kappa shape index (κ2) is 7.64. The summed E-state index contributed by atoms with van der Waals surface area (Å²) >= 11 is 0. The summed E-state index contributed by atoms with van der Waals surface area (Å²) in [5, 5.41) is 3.28. The number of halogens is 1. The second-order valence-corrected chi connectivity index (χ2v) is 5.72. The highest BCUT2D eigenvalue weighted by Gasteiger charge is 2.01. The first-order valence-electron chi connectivity index (χ1n) is 7.96. The Hall–Kier alpha value is -2.81. The van der Waals surface area contributed by atoms with Crippen molar-refractivity contribution in [3.05, 3.63) is 95.3 Å². The fraction of sp³-hybridized carbons (Fsp3) is 0.143. The minimum Gasteiger partial charge on any atom is -0.489 e. The van der Waals surface area contributed by atoms with E-state index in [1.807, 2.05) is 36.4 Å². The van der Waals surface area contributed by atoms with E-state index < -0.39 is 0 Å². The Labute approximate surface area is 141 Å². The first-order valence-corrected chi connectivity index (χ1v) is 7.96. The summed E-state index contributed by atoms with van der Waals surface area (Å²) in [6.07, 6.45) is 0. The Morgan fingerprint density at radius 2 is 1.71 bits per heavy atom. The molecule has 3 heteroatoms. The molecule has 0 unspecified atom stereocenters. The smallest absolute Gasteiger partial charge is 0.123 e. The molecular formula is C21H20FNO. The van der Waals surface area contributed by atoms with Gasteiger partial charge >= 0.3 is 0 Å². The molecule has 0 aromatic heterocycles. The summed E-state index contributed by atoms with van der Waals surface area (Å²) in [5.74, 6) is 0.615. The van der Waals surface area contributed by atoms with Gasteiger partial charge in [0, 0.05) is 12.2 Å². The van der Waals surface area contributed by atoms with Gasteiger partial charge < -0.3 is 10.1 Å². The molecule has 0 aliphatic rings. The summed E-state index contributed by atoms with van der Waals surface area (Å²) in [6.45, 7) is 3.30. The predicted octanol–water partition coefficient (Wildman–Crippen LogP) is 5.33. The summed E-state index contributed by atoms with van der Waals surface area (Å²) in [7, 11) is 0. The van der Waals surface area contributed by atoms with Crippen molar-refractivity contribution in [2.75, 3.05) is 5.32 Å². The van der Waals surface area contributed by atoms with Crippen LogP contribution in [0.15, 0.2) is 72.8 Å². The van der Waals surface area contributed by atoms with Crippen LogP contribution in [0.3, 0.4) is 0 Å². The molecule has 0 spiro atoms. The van der Waals surface area contributed by atoms with E-state index in [4.69, 9.17) is 4.74 Å². The molecule has 2 nitrogen and oxygen atoms in total. The summed E-state index contributed by atoms with van der Waals surface area (Å²) in [5.41, 5.74) is 4.42. The van der Waals surface area contributed by atoms with Crippen LogP contribution in [0.1, 0.15) is 16.7 Å².